The number of hydrogen-bond donors (Lipinski definition) is 1. The van der Waals surface area contributed by atoms with E-state index in [-0.39, 0.29) is 18.6 Å². The van der Waals surface area contributed by atoms with Gasteiger partial charge in [0.25, 0.3) is 0 Å². The lowest BCUT2D eigenvalue weighted by Gasteiger charge is -2.25. The molecule has 4 rings (SSSR count). The number of imidazole rings is 1. The number of rotatable bonds is 15. The van der Waals surface area contributed by atoms with Crippen LogP contribution in [0.2, 0.25) is 0 Å². The fraction of sp³-hybridized carbons (Fsp3) is 0.455. The van der Waals surface area contributed by atoms with Gasteiger partial charge in [0.15, 0.2) is 12.4 Å². The Morgan fingerprint density at radius 3 is 2.58 bits per heavy atom. The highest BCUT2D eigenvalue weighted by Crippen LogP contribution is 2.29. The molecule has 0 saturated heterocycles. The van der Waals surface area contributed by atoms with Crippen molar-refractivity contribution in [3.05, 3.63) is 59.9 Å². The first-order chi connectivity index (χ1) is 20.7. The van der Waals surface area contributed by atoms with Crippen molar-refractivity contribution in [1.82, 2.24) is 24.3 Å². The van der Waals surface area contributed by atoms with E-state index in [2.05, 4.69) is 22.5 Å². The zero-order valence-electron chi connectivity index (χ0n) is 26.0. The summed E-state index contributed by atoms with van der Waals surface area (Å²) in [6, 6.07) is 15.5. The van der Waals surface area contributed by atoms with Crippen LogP contribution in [-0.2, 0) is 33.8 Å². The number of anilines is 1. The minimum atomic E-state index is -0.418. The van der Waals surface area contributed by atoms with Crippen molar-refractivity contribution in [3.63, 3.8) is 0 Å². The lowest BCUT2D eigenvalue weighted by molar-refractivity contribution is -0.149. The zero-order chi connectivity index (χ0) is 30.9. The Balaban J connectivity index is 1.54. The van der Waals surface area contributed by atoms with E-state index in [1.165, 1.54) is 0 Å². The molecule has 4 aromatic rings. The normalized spacial score (nSPS) is 11.5. The summed E-state index contributed by atoms with van der Waals surface area (Å²) in [6.45, 7) is 7.58. The minimum absolute atomic E-state index is 0.0393. The SMILES string of the molecule is CCCCc1nc2c(N)nc3ccccc3c2n1CCCN(Cc1cccc(OCC(=O)OC(C)C)c1)C(=O)CN(C)C. The third kappa shape index (κ3) is 8.44. The van der Waals surface area contributed by atoms with E-state index in [1.807, 2.05) is 60.3 Å². The molecule has 2 aromatic carbocycles. The highest BCUT2D eigenvalue weighted by atomic mass is 16.6. The van der Waals surface area contributed by atoms with Crippen LogP contribution in [0, 0.1) is 0 Å². The molecule has 230 valence electrons. The number of unbranched alkanes of at least 4 members (excludes halogenated alkanes) is 1. The van der Waals surface area contributed by atoms with Crippen molar-refractivity contribution in [3.8, 4) is 5.75 Å². The first-order valence-corrected chi connectivity index (χ1v) is 15.0. The molecular formula is C33H44N6O4. The van der Waals surface area contributed by atoms with Crippen molar-refractivity contribution in [1.29, 1.82) is 0 Å². The Labute approximate surface area is 253 Å². The van der Waals surface area contributed by atoms with E-state index >= 15 is 0 Å². The summed E-state index contributed by atoms with van der Waals surface area (Å²) in [5.74, 6) is 1.61. The average molecular weight is 589 g/mol. The van der Waals surface area contributed by atoms with E-state index in [0.717, 1.165) is 59.0 Å². The number of esters is 1. The topological polar surface area (TPSA) is 116 Å². The summed E-state index contributed by atoms with van der Waals surface area (Å²) in [5.41, 5.74) is 9.87. The fourth-order valence-electron chi connectivity index (χ4n) is 5.15. The molecule has 0 fully saturated rings. The van der Waals surface area contributed by atoms with Gasteiger partial charge in [-0.3, -0.25) is 4.79 Å². The van der Waals surface area contributed by atoms with Gasteiger partial charge in [-0.1, -0.05) is 43.7 Å². The van der Waals surface area contributed by atoms with Gasteiger partial charge in [-0.2, -0.15) is 0 Å². The van der Waals surface area contributed by atoms with E-state index in [1.54, 1.807) is 19.9 Å². The zero-order valence-corrected chi connectivity index (χ0v) is 26.0. The number of aryl methyl sites for hydroxylation is 2. The predicted molar refractivity (Wildman–Crippen MR) is 170 cm³/mol. The number of para-hydroxylation sites is 1. The van der Waals surface area contributed by atoms with Crippen molar-refractivity contribution < 1.29 is 19.1 Å². The van der Waals surface area contributed by atoms with Gasteiger partial charge in [0.1, 0.15) is 17.1 Å². The second-order valence-corrected chi connectivity index (χ2v) is 11.4. The number of hydrogen-bond acceptors (Lipinski definition) is 8. The number of nitrogens with zero attached hydrogens (tertiary/aromatic N) is 5. The van der Waals surface area contributed by atoms with Crippen molar-refractivity contribution in [2.24, 2.45) is 0 Å². The third-order valence-corrected chi connectivity index (χ3v) is 7.05. The molecule has 0 radical (unpaired) electrons. The number of nitrogens with two attached hydrogens (primary N) is 1. The van der Waals surface area contributed by atoms with Crippen molar-refractivity contribution in [2.75, 3.05) is 39.5 Å². The van der Waals surface area contributed by atoms with Crippen molar-refractivity contribution in [2.45, 2.75) is 65.6 Å². The largest absolute Gasteiger partial charge is 0.482 e. The Bertz CT molecular complexity index is 1550. The van der Waals surface area contributed by atoms with Gasteiger partial charge in [-0.05, 0) is 64.5 Å². The number of carbonyl (C=O) groups is 2. The molecule has 2 aromatic heterocycles. The number of ether oxygens (including phenoxy) is 2. The molecule has 43 heavy (non-hydrogen) atoms. The first-order valence-electron chi connectivity index (χ1n) is 15.0. The maximum Gasteiger partial charge on any atom is 0.344 e. The number of amides is 1. The number of carbonyl (C=O) groups excluding carboxylic acids is 2. The Hall–Kier alpha value is -4.18. The van der Waals surface area contributed by atoms with Gasteiger partial charge in [-0.25, -0.2) is 14.8 Å². The molecule has 0 spiro atoms. The molecule has 0 aliphatic carbocycles. The molecule has 0 aliphatic heterocycles. The van der Waals surface area contributed by atoms with Crippen LogP contribution in [0.5, 0.6) is 5.75 Å². The number of nitrogen functional groups attached to an aromatic ring is 1. The summed E-state index contributed by atoms with van der Waals surface area (Å²) in [5, 5.41) is 1.02. The standard InChI is InChI=1S/C33H44N6O4/c1-6-7-16-28-36-31-32(26-14-8-9-15-27(26)35-33(31)34)39(28)18-11-17-38(29(40)21-37(4)5)20-24-12-10-13-25(19-24)42-22-30(41)43-23(2)3/h8-10,12-15,19,23H,6-7,11,16-18,20-22H2,1-5H3,(H2,34,35). The number of aromatic nitrogens is 3. The van der Waals surface area contributed by atoms with E-state index in [9.17, 15) is 9.59 Å². The van der Waals surface area contributed by atoms with Gasteiger partial charge >= 0.3 is 5.97 Å². The summed E-state index contributed by atoms with van der Waals surface area (Å²) in [4.78, 5) is 38.6. The molecule has 0 saturated carbocycles. The first kappa shape index (κ1) is 31.7. The Morgan fingerprint density at radius 1 is 1.05 bits per heavy atom. The van der Waals surface area contributed by atoms with Crippen LogP contribution in [0.3, 0.4) is 0 Å². The van der Waals surface area contributed by atoms with Crippen LogP contribution in [-0.4, -0.2) is 76.1 Å². The summed E-state index contributed by atoms with van der Waals surface area (Å²) in [6.07, 6.45) is 3.47. The molecule has 2 N–H and O–H groups in total. The molecular weight excluding hydrogens is 544 g/mol. The average Bonchev–Trinajstić information content (AvgIpc) is 3.33. The maximum absolute atomic E-state index is 13.3. The second-order valence-electron chi connectivity index (χ2n) is 11.4. The highest BCUT2D eigenvalue weighted by molar-refractivity contribution is 6.06. The predicted octanol–water partition coefficient (Wildman–Crippen LogP) is 4.82. The van der Waals surface area contributed by atoms with Crippen LogP contribution in [0.25, 0.3) is 21.9 Å². The van der Waals surface area contributed by atoms with Crippen LogP contribution in [0.4, 0.5) is 5.82 Å². The van der Waals surface area contributed by atoms with Gasteiger partial charge in [0.2, 0.25) is 5.91 Å². The van der Waals surface area contributed by atoms with E-state index in [4.69, 9.17) is 20.2 Å². The van der Waals surface area contributed by atoms with Crippen LogP contribution in [0.15, 0.2) is 48.5 Å². The number of likely N-dealkylation sites (N-methyl/N-ethyl adjacent to an activating group) is 1. The van der Waals surface area contributed by atoms with E-state index < -0.39 is 5.97 Å². The Kier molecular flexibility index (Phi) is 10.9. The van der Waals surface area contributed by atoms with Gasteiger partial charge in [0, 0.05) is 31.4 Å². The smallest absolute Gasteiger partial charge is 0.344 e. The van der Waals surface area contributed by atoms with Gasteiger partial charge in [-0.15, -0.1) is 0 Å². The number of fused-ring (bicyclic) bond motifs is 3. The molecule has 0 atom stereocenters. The molecule has 2 heterocycles. The van der Waals surface area contributed by atoms with Gasteiger partial charge < -0.3 is 29.6 Å². The summed E-state index contributed by atoms with van der Waals surface area (Å²) in [7, 11) is 3.78. The van der Waals surface area contributed by atoms with Crippen LogP contribution >= 0.6 is 0 Å². The monoisotopic (exact) mass is 588 g/mol. The molecule has 0 bridgehead atoms. The van der Waals surface area contributed by atoms with Gasteiger partial charge in [0.05, 0.1) is 23.7 Å². The summed E-state index contributed by atoms with van der Waals surface area (Å²) >= 11 is 0. The minimum Gasteiger partial charge on any atom is -0.482 e. The number of pyridine rings is 1. The maximum atomic E-state index is 13.3. The van der Waals surface area contributed by atoms with E-state index in [0.29, 0.717) is 37.7 Å². The third-order valence-electron chi connectivity index (χ3n) is 7.05. The summed E-state index contributed by atoms with van der Waals surface area (Å²) < 4.78 is 13.1. The molecule has 0 unspecified atom stereocenters. The molecule has 10 nitrogen and oxygen atoms in total. The molecule has 0 aliphatic rings. The lowest BCUT2D eigenvalue weighted by Crippen LogP contribution is -2.38. The molecule has 10 heteroatoms. The number of benzene rings is 2. The highest BCUT2D eigenvalue weighted by Gasteiger charge is 2.19. The van der Waals surface area contributed by atoms with Crippen LogP contribution in [0.1, 0.15) is 51.4 Å². The fourth-order valence-corrected chi connectivity index (χ4v) is 5.15. The lowest BCUT2D eigenvalue weighted by atomic mass is 10.1. The van der Waals surface area contributed by atoms with Crippen molar-refractivity contribution >= 4 is 39.6 Å². The second kappa shape index (κ2) is 14.8. The van der Waals surface area contributed by atoms with Crippen LogP contribution < -0.4 is 10.5 Å². The molecule has 1 amide bonds. The quantitative estimate of drug-likeness (QED) is 0.197. The Morgan fingerprint density at radius 2 is 1.84 bits per heavy atom.